The Balaban J connectivity index is 1.65. The number of aromatic nitrogens is 1. The molecule has 3 heterocycles. The van der Waals surface area contributed by atoms with Gasteiger partial charge in [0.05, 0.1) is 5.57 Å². The Morgan fingerprint density at radius 3 is 2.81 bits per heavy atom. The van der Waals surface area contributed by atoms with E-state index < -0.39 is 0 Å². The first-order valence-electron chi connectivity index (χ1n) is 8.62. The number of rotatable bonds is 1. The van der Waals surface area contributed by atoms with Crippen molar-refractivity contribution in [2.24, 2.45) is 4.99 Å². The van der Waals surface area contributed by atoms with Crippen molar-refractivity contribution >= 4 is 34.2 Å². The van der Waals surface area contributed by atoms with Gasteiger partial charge in [-0.2, -0.15) is 0 Å². The smallest absolute Gasteiger partial charge is 0.272 e. The fraction of sp³-hybridized carbons (Fsp3) is 0.150. The lowest BCUT2D eigenvalue weighted by Gasteiger charge is -2.25. The maximum absolute atomic E-state index is 13.1. The third kappa shape index (κ3) is 2.50. The van der Waals surface area contributed by atoms with Gasteiger partial charge in [-0.1, -0.05) is 41.7 Å². The Labute approximate surface area is 158 Å². The highest BCUT2D eigenvalue weighted by molar-refractivity contribution is 7.07. The topological polar surface area (TPSA) is 66.7 Å². The van der Waals surface area contributed by atoms with Crippen LogP contribution in [0.3, 0.4) is 0 Å². The number of para-hydroxylation sites is 1. The zero-order chi connectivity index (χ0) is 18.5. The van der Waals surface area contributed by atoms with E-state index in [4.69, 9.17) is 0 Å². The Morgan fingerprint density at radius 1 is 1.11 bits per heavy atom. The second kappa shape index (κ2) is 5.92. The Bertz CT molecular complexity index is 1270. The molecule has 0 fully saturated rings. The van der Waals surface area contributed by atoms with Gasteiger partial charge < -0.3 is 10.2 Å². The van der Waals surface area contributed by atoms with E-state index in [-0.39, 0.29) is 11.5 Å². The number of fused-ring (bicyclic) bond motifs is 2. The highest BCUT2D eigenvalue weighted by atomic mass is 32.1. The van der Waals surface area contributed by atoms with Crippen LogP contribution in [0.5, 0.6) is 0 Å². The summed E-state index contributed by atoms with van der Waals surface area (Å²) < 4.78 is 2.09. The molecule has 1 amide bonds. The minimum absolute atomic E-state index is 0.169. The molecule has 7 heteroatoms. The number of benzene rings is 2. The summed E-state index contributed by atoms with van der Waals surface area (Å²) in [5, 5.41) is 2.84. The minimum Gasteiger partial charge on any atom is -0.334 e. The van der Waals surface area contributed by atoms with Crippen molar-refractivity contribution in [3.8, 4) is 0 Å². The molecule has 1 aromatic heterocycles. The summed E-state index contributed by atoms with van der Waals surface area (Å²) in [5.41, 5.74) is 3.98. The maximum atomic E-state index is 13.1. The summed E-state index contributed by atoms with van der Waals surface area (Å²) in [6.45, 7) is 2.95. The lowest BCUT2D eigenvalue weighted by atomic mass is 10.1. The third-order valence-corrected chi connectivity index (χ3v) is 5.93. The van der Waals surface area contributed by atoms with E-state index in [1.54, 1.807) is 4.57 Å². The van der Waals surface area contributed by atoms with Crippen molar-refractivity contribution < 1.29 is 4.79 Å². The van der Waals surface area contributed by atoms with Gasteiger partial charge in [0, 0.05) is 16.9 Å². The van der Waals surface area contributed by atoms with Gasteiger partial charge in [0.25, 0.3) is 11.5 Å². The molecule has 0 atom stereocenters. The van der Waals surface area contributed by atoms with Crippen LogP contribution in [0.1, 0.15) is 11.1 Å². The first-order valence-corrected chi connectivity index (χ1v) is 9.44. The molecule has 2 aliphatic heterocycles. The van der Waals surface area contributed by atoms with E-state index in [2.05, 4.69) is 16.4 Å². The van der Waals surface area contributed by atoms with Gasteiger partial charge in [-0.05, 0) is 30.7 Å². The summed E-state index contributed by atoms with van der Waals surface area (Å²) in [6.07, 6.45) is 0. The van der Waals surface area contributed by atoms with E-state index in [1.807, 2.05) is 54.3 Å². The number of nitrogens with one attached hydrogen (secondary N) is 1. The van der Waals surface area contributed by atoms with Gasteiger partial charge in [-0.3, -0.25) is 14.2 Å². The van der Waals surface area contributed by atoms with Gasteiger partial charge in [0.15, 0.2) is 4.80 Å². The number of thiazole rings is 1. The molecule has 2 aliphatic rings. The molecule has 2 aromatic carbocycles. The molecule has 6 nitrogen and oxygen atoms in total. The zero-order valence-corrected chi connectivity index (χ0v) is 15.4. The monoisotopic (exact) mass is 376 g/mol. The van der Waals surface area contributed by atoms with Crippen LogP contribution in [0.2, 0.25) is 0 Å². The molecule has 0 aliphatic carbocycles. The number of hydrogen-bond acceptors (Lipinski definition) is 5. The average Bonchev–Trinajstić information content (AvgIpc) is 3.17. The van der Waals surface area contributed by atoms with Crippen LogP contribution in [0.4, 0.5) is 11.4 Å². The van der Waals surface area contributed by atoms with Gasteiger partial charge in [0.2, 0.25) is 0 Å². The van der Waals surface area contributed by atoms with Crippen molar-refractivity contribution in [2.45, 2.75) is 13.6 Å². The predicted octanol–water partition coefficient (Wildman–Crippen LogP) is 1.42. The molecule has 0 bridgehead atoms. The molecular formula is C20H16N4O2S. The van der Waals surface area contributed by atoms with Crippen molar-refractivity contribution in [3.63, 3.8) is 0 Å². The van der Waals surface area contributed by atoms with E-state index in [9.17, 15) is 9.59 Å². The molecule has 3 aromatic rings. The van der Waals surface area contributed by atoms with Crippen LogP contribution >= 0.6 is 11.3 Å². The molecule has 134 valence electrons. The lowest BCUT2D eigenvalue weighted by Crippen LogP contribution is -2.43. The van der Waals surface area contributed by atoms with Crippen LogP contribution in [0.25, 0.3) is 5.57 Å². The molecule has 0 unspecified atom stereocenters. The van der Waals surface area contributed by atoms with Crippen molar-refractivity contribution in [3.05, 3.63) is 79.3 Å². The molecule has 5 rings (SSSR count). The number of nitrogens with zero attached hydrogens (tertiary/aromatic N) is 3. The molecular weight excluding hydrogens is 360 g/mol. The van der Waals surface area contributed by atoms with Crippen LogP contribution in [-0.2, 0) is 11.5 Å². The van der Waals surface area contributed by atoms with E-state index in [0.717, 1.165) is 22.5 Å². The van der Waals surface area contributed by atoms with E-state index in [1.165, 1.54) is 11.3 Å². The maximum Gasteiger partial charge on any atom is 0.272 e. The number of carbonyl (C=O) groups excluding carboxylic acids is 1. The summed E-state index contributed by atoms with van der Waals surface area (Å²) in [4.78, 5) is 32.9. The minimum atomic E-state index is -0.233. The number of aryl methyl sites for hydroxylation is 1. The predicted molar refractivity (Wildman–Crippen MR) is 105 cm³/mol. The quantitative estimate of drug-likeness (QED) is 0.699. The third-order valence-electron chi connectivity index (χ3n) is 4.82. The Morgan fingerprint density at radius 2 is 1.96 bits per heavy atom. The van der Waals surface area contributed by atoms with Gasteiger partial charge in [-0.25, -0.2) is 4.99 Å². The van der Waals surface area contributed by atoms with Crippen molar-refractivity contribution in [2.75, 3.05) is 16.9 Å². The first-order chi connectivity index (χ1) is 13.1. The molecule has 0 radical (unpaired) electrons. The normalized spacial score (nSPS) is 17.2. The number of carbonyl (C=O) groups is 1. The SMILES string of the molecule is Cc1cccc(N2CN=c3sc(=C4C(=O)Nc5ccccc54)c(=O)n3C2)c1. The number of anilines is 2. The van der Waals surface area contributed by atoms with Crippen LogP contribution in [0.15, 0.2) is 58.3 Å². The highest BCUT2D eigenvalue weighted by Gasteiger charge is 2.27. The Kier molecular flexibility index (Phi) is 3.51. The van der Waals surface area contributed by atoms with Gasteiger partial charge in [0.1, 0.15) is 17.9 Å². The number of hydrogen-bond donors (Lipinski definition) is 1. The van der Waals surface area contributed by atoms with Crippen LogP contribution in [0, 0.1) is 6.92 Å². The highest BCUT2D eigenvalue weighted by Crippen LogP contribution is 2.29. The molecule has 1 N–H and O–H groups in total. The second-order valence-electron chi connectivity index (χ2n) is 6.64. The summed E-state index contributed by atoms with van der Waals surface area (Å²) in [7, 11) is 0. The van der Waals surface area contributed by atoms with E-state index in [0.29, 0.717) is 28.2 Å². The standard InChI is InChI=1S/C20H16N4O2S/c1-12-5-4-6-13(9-12)23-10-21-20-24(11-23)19(26)17(27-20)16-14-7-2-3-8-15(14)22-18(16)25/h2-9H,10-11H2,1H3,(H,22,25). The summed E-state index contributed by atoms with van der Waals surface area (Å²) in [5.74, 6) is -0.233. The average molecular weight is 376 g/mol. The van der Waals surface area contributed by atoms with Crippen LogP contribution in [-0.4, -0.2) is 17.1 Å². The largest absolute Gasteiger partial charge is 0.334 e. The molecule has 27 heavy (non-hydrogen) atoms. The van der Waals surface area contributed by atoms with Crippen molar-refractivity contribution in [1.29, 1.82) is 0 Å². The summed E-state index contributed by atoms with van der Waals surface area (Å²) in [6, 6.07) is 15.6. The van der Waals surface area contributed by atoms with Gasteiger partial charge in [-0.15, -0.1) is 0 Å². The molecule has 0 spiro atoms. The fourth-order valence-corrected chi connectivity index (χ4v) is 4.55. The first kappa shape index (κ1) is 16.0. The van der Waals surface area contributed by atoms with E-state index >= 15 is 0 Å². The van der Waals surface area contributed by atoms with Crippen LogP contribution < -0.4 is 25.1 Å². The summed E-state index contributed by atoms with van der Waals surface area (Å²) >= 11 is 1.29. The zero-order valence-electron chi connectivity index (χ0n) is 14.6. The molecule has 0 saturated heterocycles. The Hall–Kier alpha value is -3.19. The fourth-order valence-electron chi connectivity index (χ4n) is 3.49. The van der Waals surface area contributed by atoms with Crippen molar-refractivity contribution in [1.82, 2.24) is 4.57 Å². The second-order valence-corrected chi connectivity index (χ2v) is 7.62. The number of amides is 1. The molecule has 0 saturated carbocycles. The van der Waals surface area contributed by atoms with Gasteiger partial charge >= 0.3 is 0 Å². The lowest BCUT2D eigenvalue weighted by molar-refractivity contribution is -0.110.